The SMILES string of the molecule is COB(O)C1=CCNCC1. The van der Waals surface area contributed by atoms with Gasteiger partial charge in [-0.15, -0.1) is 0 Å². The van der Waals surface area contributed by atoms with Crippen LogP contribution in [0.1, 0.15) is 6.42 Å². The first-order valence-electron chi connectivity index (χ1n) is 3.45. The molecule has 1 aliphatic heterocycles. The molecular formula is C6H12BNO2. The molecule has 0 aromatic rings. The summed E-state index contributed by atoms with van der Waals surface area (Å²) >= 11 is 0. The lowest BCUT2D eigenvalue weighted by Gasteiger charge is -2.14. The van der Waals surface area contributed by atoms with Gasteiger partial charge in [0, 0.05) is 13.7 Å². The number of rotatable bonds is 2. The van der Waals surface area contributed by atoms with Gasteiger partial charge >= 0.3 is 7.12 Å². The second-order valence-electron chi connectivity index (χ2n) is 2.32. The summed E-state index contributed by atoms with van der Waals surface area (Å²) in [6.07, 6.45) is 2.85. The Kier molecular flexibility index (Phi) is 2.93. The monoisotopic (exact) mass is 141 g/mol. The van der Waals surface area contributed by atoms with E-state index in [1.165, 1.54) is 7.11 Å². The van der Waals surface area contributed by atoms with Crippen molar-refractivity contribution in [1.29, 1.82) is 0 Å². The smallest absolute Gasteiger partial charge is 0.423 e. The second-order valence-corrected chi connectivity index (χ2v) is 2.32. The molecule has 0 bridgehead atoms. The van der Waals surface area contributed by atoms with Crippen LogP contribution in [0.4, 0.5) is 0 Å². The minimum atomic E-state index is -0.693. The predicted octanol–water partition coefficient (Wildman–Crippen LogP) is -0.428. The summed E-state index contributed by atoms with van der Waals surface area (Å²) in [7, 11) is 0.815. The van der Waals surface area contributed by atoms with Gasteiger partial charge in [0.25, 0.3) is 0 Å². The van der Waals surface area contributed by atoms with E-state index in [4.69, 9.17) is 9.68 Å². The first-order valence-corrected chi connectivity index (χ1v) is 3.45. The average molecular weight is 141 g/mol. The van der Waals surface area contributed by atoms with E-state index in [1.54, 1.807) is 0 Å². The van der Waals surface area contributed by atoms with Gasteiger partial charge in [-0.25, -0.2) is 0 Å². The van der Waals surface area contributed by atoms with E-state index in [1.807, 2.05) is 6.08 Å². The molecule has 0 unspecified atom stereocenters. The van der Waals surface area contributed by atoms with E-state index in [2.05, 4.69) is 5.32 Å². The maximum Gasteiger partial charge on any atom is 0.486 e. The molecule has 0 aromatic carbocycles. The van der Waals surface area contributed by atoms with Crippen molar-refractivity contribution in [2.24, 2.45) is 0 Å². The molecule has 4 heteroatoms. The minimum absolute atomic E-state index is 0.693. The van der Waals surface area contributed by atoms with Crippen molar-refractivity contribution >= 4 is 7.12 Å². The maximum absolute atomic E-state index is 9.16. The van der Waals surface area contributed by atoms with Gasteiger partial charge in [-0.1, -0.05) is 6.08 Å². The molecule has 0 radical (unpaired) electrons. The lowest BCUT2D eigenvalue weighted by atomic mass is 9.75. The summed E-state index contributed by atoms with van der Waals surface area (Å²) in [5.41, 5.74) is 0.987. The molecule has 0 aromatic heterocycles. The second kappa shape index (κ2) is 3.76. The lowest BCUT2D eigenvalue weighted by Crippen LogP contribution is -2.28. The molecule has 0 fully saturated rings. The third-order valence-electron chi connectivity index (χ3n) is 1.64. The molecule has 0 aliphatic carbocycles. The van der Waals surface area contributed by atoms with Gasteiger partial charge in [-0.05, 0) is 18.4 Å². The molecule has 0 saturated heterocycles. The van der Waals surface area contributed by atoms with Crippen LogP contribution in [-0.4, -0.2) is 32.3 Å². The van der Waals surface area contributed by atoms with Crippen LogP contribution in [0.5, 0.6) is 0 Å². The highest BCUT2D eigenvalue weighted by molar-refractivity contribution is 6.52. The largest absolute Gasteiger partial charge is 0.486 e. The van der Waals surface area contributed by atoms with Crippen LogP contribution >= 0.6 is 0 Å². The highest BCUT2D eigenvalue weighted by atomic mass is 16.5. The van der Waals surface area contributed by atoms with Crippen molar-refractivity contribution in [3.63, 3.8) is 0 Å². The topological polar surface area (TPSA) is 41.5 Å². The van der Waals surface area contributed by atoms with Gasteiger partial charge in [0.05, 0.1) is 0 Å². The molecule has 2 N–H and O–H groups in total. The quantitative estimate of drug-likeness (QED) is 0.512. The summed E-state index contributed by atoms with van der Waals surface area (Å²) in [4.78, 5) is 0. The summed E-state index contributed by atoms with van der Waals surface area (Å²) < 4.78 is 4.75. The van der Waals surface area contributed by atoms with E-state index < -0.39 is 7.12 Å². The summed E-state index contributed by atoms with van der Waals surface area (Å²) in [5.74, 6) is 0. The predicted molar refractivity (Wildman–Crippen MR) is 40.6 cm³/mol. The molecule has 1 aliphatic rings. The van der Waals surface area contributed by atoms with Crippen molar-refractivity contribution in [2.75, 3.05) is 20.2 Å². The first-order chi connectivity index (χ1) is 4.84. The molecular weight excluding hydrogens is 129 g/mol. The van der Waals surface area contributed by atoms with Gasteiger partial charge in [0.1, 0.15) is 0 Å². The Bertz CT molecular complexity index is 138. The normalized spacial score (nSPS) is 18.4. The van der Waals surface area contributed by atoms with Crippen molar-refractivity contribution in [2.45, 2.75) is 6.42 Å². The Balaban J connectivity index is 2.44. The summed E-state index contributed by atoms with van der Waals surface area (Å²) in [5, 5.41) is 12.3. The molecule has 0 spiro atoms. The standard InChI is InChI=1S/C6H12BNO2/c1-10-7(9)6-2-4-8-5-3-6/h2,8-9H,3-5H2,1H3. The van der Waals surface area contributed by atoms with Crippen molar-refractivity contribution < 1.29 is 9.68 Å². The minimum Gasteiger partial charge on any atom is -0.423 e. The molecule has 10 heavy (non-hydrogen) atoms. The van der Waals surface area contributed by atoms with E-state index in [9.17, 15) is 0 Å². The zero-order valence-corrected chi connectivity index (χ0v) is 6.13. The van der Waals surface area contributed by atoms with E-state index in [-0.39, 0.29) is 0 Å². The molecule has 56 valence electrons. The highest BCUT2D eigenvalue weighted by Crippen LogP contribution is 2.06. The Morgan fingerprint density at radius 2 is 2.60 bits per heavy atom. The van der Waals surface area contributed by atoms with Crippen LogP contribution in [0, 0.1) is 0 Å². The number of hydrogen-bond donors (Lipinski definition) is 2. The number of nitrogens with one attached hydrogen (secondary N) is 1. The Morgan fingerprint density at radius 3 is 3.10 bits per heavy atom. The third-order valence-corrected chi connectivity index (χ3v) is 1.64. The van der Waals surface area contributed by atoms with Gasteiger partial charge in [-0.2, -0.15) is 0 Å². The van der Waals surface area contributed by atoms with Crippen molar-refractivity contribution in [3.05, 3.63) is 11.5 Å². The third kappa shape index (κ3) is 1.83. The maximum atomic E-state index is 9.16. The Morgan fingerprint density at radius 1 is 1.80 bits per heavy atom. The first kappa shape index (κ1) is 7.79. The molecule has 1 heterocycles. The fourth-order valence-electron chi connectivity index (χ4n) is 1.02. The van der Waals surface area contributed by atoms with E-state index in [0.717, 1.165) is 25.0 Å². The van der Waals surface area contributed by atoms with Gasteiger partial charge in [-0.3, -0.25) is 0 Å². The molecule has 0 atom stereocenters. The van der Waals surface area contributed by atoms with Crippen molar-refractivity contribution in [3.8, 4) is 0 Å². The zero-order valence-electron chi connectivity index (χ0n) is 6.13. The fraction of sp³-hybridized carbons (Fsp3) is 0.667. The zero-order chi connectivity index (χ0) is 7.40. The molecule has 3 nitrogen and oxygen atoms in total. The van der Waals surface area contributed by atoms with E-state index >= 15 is 0 Å². The summed E-state index contributed by atoms with van der Waals surface area (Å²) in [6, 6.07) is 0. The molecule has 1 rings (SSSR count). The van der Waals surface area contributed by atoms with Gasteiger partial charge in [0.15, 0.2) is 0 Å². The number of hydrogen-bond acceptors (Lipinski definition) is 3. The molecule has 0 saturated carbocycles. The lowest BCUT2D eigenvalue weighted by molar-refractivity contribution is 0.333. The molecule has 0 amide bonds. The van der Waals surface area contributed by atoms with Crippen LogP contribution in [0.25, 0.3) is 0 Å². The van der Waals surface area contributed by atoms with Crippen LogP contribution in [0.15, 0.2) is 11.5 Å². The Hall–Kier alpha value is -0.315. The Labute approximate surface area is 61.2 Å². The average Bonchev–Trinajstić information content (AvgIpc) is 2.05. The van der Waals surface area contributed by atoms with E-state index in [0.29, 0.717) is 0 Å². The fourth-order valence-corrected chi connectivity index (χ4v) is 1.02. The summed E-state index contributed by atoms with van der Waals surface area (Å²) in [6.45, 7) is 1.78. The van der Waals surface area contributed by atoms with Crippen molar-refractivity contribution in [1.82, 2.24) is 5.32 Å². The van der Waals surface area contributed by atoms with Gasteiger partial charge in [0.2, 0.25) is 0 Å². The van der Waals surface area contributed by atoms with Crippen LogP contribution < -0.4 is 5.32 Å². The highest BCUT2D eigenvalue weighted by Gasteiger charge is 2.18. The van der Waals surface area contributed by atoms with Crippen LogP contribution in [0.2, 0.25) is 0 Å². The van der Waals surface area contributed by atoms with Gasteiger partial charge < -0.3 is 15.0 Å². The van der Waals surface area contributed by atoms with Crippen LogP contribution in [0.3, 0.4) is 0 Å². The van der Waals surface area contributed by atoms with Crippen LogP contribution in [-0.2, 0) is 4.65 Å².